The van der Waals surface area contributed by atoms with Gasteiger partial charge in [-0.15, -0.1) is 0 Å². The molecule has 0 radical (unpaired) electrons. The van der Waals surface area contributed by atoms with E-state index in [9.17, 15) is 17.6 Å². The number of alkyl halides is 3. The van der Waals surface area contributed by atoms with E-state index in [4.69, 9.17) is 0 Å². The first-order chi connectivity index (χ1) is 7.57. The summed E-state index contributed by atoms with van der Waals surface area (Å²) in [6, 6.07) is 3.64. The summed E-state index contributed by atoms with van der Waals surface area (Å²) in [6.07, 6.45) is -4.88. The molecule has 0 aromatic heterocycles. The van der Waals surface area contributed by atoms with Crippen molar-refractivity contribution in [2.24, 2.45) is 5.41 Å². The van der Waals surface area contributed by atoms with Crippen molar-refractivity contribution in [3.8, 4) is 0 Å². The second-order valence-corrected chi connectivity index (χ2v) is 5.44. The smallest absolute Gasteiger partial charge is 0.207 e. The van der Waals surface area contributed by atoms with Crippen LogP contribution in [0.1, 0.15) is 31.9 Å². The first-order valence-corrected chi connectivity index (χ1v) is 5.41. The molecule has 1 aromatic rings. The van der Waals surface area contributed by atoms with Crippen molar-refractivity contribution in [2.45, 2.75) is 39.8 Å². The molecule has 0 aliphatic heterocycles. The number of rotatable bonds is 2. The number of hydrogen-bond acceptors (Lipinski definition) is 0. The van der Waals surface area contributed by atoms with E-state index in [1.807, 2.05) is 20.8 Å². The predicted molar refractivity (Wildman–Crippen MR) is 59.3 cm³/mol. The molecule has 0 saturated heterocycles. The van der Waals surface area contributed by atoms with Crippen molar-refractivity contribution in [1.29, 1.82) is 0 Å². The van der Waals surface area contributed by atoms with Crippen LogP contribution in [0.4, 0.5) is 17.6 Å². The molecule has 4 heteroatoms. The third-order valence-electron chi connectivity index (χ3n) is 2.28. The van der Waals surface area contributed by atoms with E-state index in [1.165, 1.54) is 12.1 Å². The van der Waals surface area contributed by atoms with E-state index in [1.54, 1.807) is 0 Å². The minimum atomic E-state index is -4.31. The van der Waals surface area contributed by atoms with E-state index >= 15 is 0 Å². The maximum atomic E-state index is 13.0. The lowest BCUT2D eigenvalue weighted by Gasteiger charge is -2.21. The van der Waals surface area contributed by atoms with Crippen molar-refractivity contribution in [3.63, 3.8) is 0 Å². The molecular weight excluding hydrogens is 232 g/mol. The average Bonchev–Trinajstić information content (AvgIpc) is 2.05. The Bertz CT molecular complexity index is 385. The molecule has 0 spiro atoms. The van der Waals surface area contributed by atoms with Crippen LogP contribution in [0.15, 0.2) is 18.2 Å². The topological polar surface area (TPSA) is 0 Å². The molecular formula is C13H16F4. The third kappa shape index (κ3) is 5.20. The maximum absolute atomic E-state index is 13.0. The van der Waals surface area contributed by atoms with Gasteiger partial charge in [-0.1, -0.05) is 26.8 Å². The van der Waals surface area contributed by atoms with Crippen molar-refractivity contribution in [2.75, 3.05) is 0 Å². The first-order valence-electron chi connectivity index (χ1n) is 5.41. The second kappa shape index (κ2) is 4.67. The molecule has 0 unspecified atom stereocenters. The molecule has 0 fully saturated rings. The van der Waals surface area contributed by atoms with Crippen LogP contribution in [-0.4, -0.2) is 6.18 Å². The molecule has 0 heterocycles. The van der Waals surface area contributed by atoms with E-state index in [2.05, 4.69) is 0 Å². The van der Waals surface area contributed by atoms with Gasteiger partial charge in [-0.25, -0.2) is 4.39 Å². The zero-order valence-electron chi connectivity index (χ0n) is 10.2. The highest BCUT2D eigenvalue weighted by molar-refractivity contribution is 5.29. The molecule has 0 aliphatic carbocycles. The minimum Gasteiger partial charge on any atom is -0.207 e. The van der Waals surface area contributed by atoms with Gasteiger partial charge in [-0.2, -0.15) is 13.2 Å². The van der Waals surface area contributed by atoms with Gasteiger partial charge in [0.05, 0.1) is 6.42 Å². The largest absolute Gasteiger partial charge is 0.393 e. The fourth-order valence-electron chi connectivity index (χ4n) is 1.72. The molecule has 0 aliphatic rings. The van der Waals surface area contributed by atoms with Crippen LogP contribution in [0.2, 0.25) is 0 Å². The van der Waals surface area contributed by atoms with E-state index in [0.717, 1.165) is 6.07 Å². The molecule has 0 bridgehead atoms. The number of halogens is 4. The van der Waals surface area contributed by atoms with Gasteiger partial charge < -0.3 is 0 Å². The summed E-state index contributed by atoms with van der Waals surface area (Å²) >= 11 is 0. The Morgan fingerprint density at radius 2 is 1.53 bits per heavy atom. The Morgan fingerprint density at radius 1 is 0.941 bits per heavy atom. The van der Waals surface area contributed by atoms with Gasteiger partial charge in [0, 0.05) is 0 Å². The van der Waals surface area contributed by atoms with Gasteiger partial charge in [0.1, 0.15) is 5.82 Å². The highest BCUT2D eigenvalue weighted by atomic mass is 19.4. The lowest BCUT2D eigenvalue weighted by Crippen LogP contribution is -2.16. The van der Waals surface area contributed by atoms with Crippen LogP contribution in [0.5, 0.6) is 0 Å². The molecule has 0 amide bonds. The van der Waals surface area contributed by atoms with E-state index < -0.39 is 18.4 Å². The fraction of sp³-hybridized carbons (Fsp3) is 0.538. The molecule has 0 nitrogen and oxygen atoms in total. The van der Waals surface area contributed by atoms with Gasteiger partial charge in [-0.3, -0.25) is 0 Å². The van der Waals surface area contributed by atoms with Crippen molar-refractivity contribution < 1.29 is 17.6 Å². The Kier molecular flexibility index (Phi) is 3.84. The summed E-state index contributed by atoms with van der Waals surface area (Å²) in [4.78, 5) is 0. The quantitative estimate of drug-likeness (QED) is 0.675. The normalized spacial score (nSPS) is 12.9. The minimum absolute atomic E-state index is 0.0347. The summed E-state index contributed by atoms with van der Waals surface area (Å²) < 4.78 is 50.1. The Balaban J connectivity index is 3.04. The Hall–Kier alpha value is -1.06. The first kappa shape index (κ1) is 14.0. The lowest BCUT2D eigenvalue weighted by atomic mass is 9.85. The number of hydrogen-bond donors (Lipinski definition) is 0. The van der Waals surface area contributed by atoms with Gasteiger partial charge in [0.2, 0.25) is 0 Å². The van der Waals surface area contributed by atoms with Crippen LogP contribution in [0.3, 0.4) is 0 Å². The van der Waals surface area contributed by atoms with Crippen molar-refractivity contribution in [3.05, 3.63) is 35.1 Å². The standard InChI is InChI=1S/C13H16F4/c1-12(2,3)7-9-4-5-11(14)6-10(9)8-13(15,16)17/h4-6H,7-8H2,1-3H3. The molecule has 96 valence electrons. The van der Waals surface area contributed by atoms with Crippen LogP contribution in [0, 0.1) is 11.2 Å². The Labute approximate surface area is 98.6 Å². The number of benzene rings is 1. The summed E-state index contributed by atoms with van der Waals surface area (Å²) in [5.41, 5.74) is 0.474. The highest BCUT2D eigenvalue weighted by Gasteiger charge is 2.29. The molecule has 1 aromatic carbocycles. The van der Waals surface area contributed by atoms with E-state index in [-0.39, 0.29) is 11.0 Å². The highest BCUT2D eigenvalue weighted by Crippen LogP contribution is 2.28. The van der Waals surface area contributed by atoms with E-state index in [0.29, 0.717) is 12.0 Å². The Morgan fingerprint density at radius 3 is 2.00 bits per heavy atom. The SMILES string of the molecule is CC(C)(C)Cc1ccc(F)cc1CC(F)(F)F. The molecule has 17 heavy (non-hydrogen) atoms. The fourth-order valence-corrected chi connectivity index (χ4v) is 1.72. The average molecular weight is 248 g/mol. The van der Waals surface area contributed by atoms with Crippen LogP contribution in [-0.2, 0) is 12.8 Å². The maximum Gasteiger partial charge on any atom is 0.393 e. The summed E-state index contributed by atoms with van der Waals surface area (Å²) in [6.45, 7) is 5.81. The van der Waals surface area contributed by atoms with Gasteiger partial charge in [0.25, 0.3) is 0 Å². The molecule has 0 saturated carbocycles. The monoisotopic (exact) mass is 248 g/mol. The van der Waals surface area contributed by atoms with Gasteiger partial charge >= 0.3 is 6.18 Å². The third-order valence-corrected chi connectivity index (χ3v) is 2.28. The van der Waals surface area contributed by atoms with Crippen molar-refractivity contribution >= 4 is 0 Å². The molecule has 0 N–H and O–H groups in total. The van der Waals surface area contributed by atoms with Crippen molar-refractivity contribution in [1.82, 2.24) is 0 Å². The van der Waals surface area contributed by atoms with Crippen LogP contribution in [0.25, 0.3) is 0 Å². The lowest BCUT2D eigenvalue weighted by molar-refractivity contribution is -0.127. The van der Waals surface area contributed by atoms with Gasteiger partial charge in [-0.05, 0) is 35.1 Å². The summed E-state index contributed by atoms with van der Waals surface area (Å²) in [5.74, 6) is -0.623. The zero-order chi connectivity index (χ0) is 13.3. The molecule has 0 atom stereocenters. The molecule has 1 rings (SSSR count). The second-order valence-electron chi connectivity index (χ2n) is 5.44. The zero-order valence-corrected chi connectivity index (χ0v) is 10.2. The summed E-state index contributed by atoms with van der Waals surface area (Å²) in [7, 11) is 0. The van der Waals surface area contributed by atoms with Crippen LogP contribution >= 0.6 is 0 Å². The predicted octanol–water partition coefficient (Wildman–Crippen LogP) is 4.52. The summed E-state index contributed by atoms with van der Waals surface area (Å²) in [5, 5.41) is 0. The van der Waals surface area contributed by atoms with Crippen LogP contribution < -0.4 is 0 Å². The van der Waals surface area contributed by atoms with Gasteiger partial charge in [0.15, 0.2) is 0 Å².